The first-order valence-corrected chi connectivity index (χ1v) is 11.5. The van der Waals surface area contributed by atoms with Crippen molar-refractivity contribution in [2.45, 2.75) is 0 Å². The molecule has 0 radical (unpaired) electrons. The number of benzene rings is 3. The maximum absolute atomic E-state index is 12.4. The minimum absolute atomic E-state index is 0.166. The number of carbonyl (C=O) groups excluding carboxylic acids is 2. The number of carbonyl (C=O) groups is 2. The van der Waals surface area contributed by atoms with Crippen LogP contribution in [0.3, 0.4) is 0 Å². The quantitative estimate of drug-likeness (QED) is 0.270. The molecule has 34 heavy (non-hydrogen) atoms. The highest BCUT2D eigenvalue weighted by Gasteiger charge is 2.12. The molecule has 0 aliphatic heterocycles. The second-order valence-electron chi connectivity index (χ2n) is 6.79. The van der Waals surface area contributed by atoms with Crippen molar-refractivity contribution in [3.63, 3.8) is 0 Å². The minimum atomic E-state index is -0.403. The van der Waals surface area contributed by atoms with Crippen molar-refractivity contribution in [2.24, 2.45) is 5.10 Å². The Labute approximate surface area is 213 Å². The first-order valence-electron chi connectivity index (χ1n) is 9.93. The second-order valence-corrected chi connectivity index (χ2v) is 8.49. The Morgan fingerprint density at radius 1 is 0.941 bits per heavy atom. The number of anilines is 1. The number of nitrogens with zero attached hydrogens (tertiary/aromatic N) is 1. The van der Waals surface area contributed by atoms with Crippen LogP contribution in [0.5, 0.6) is 17.2 Å². The van der Waals surface area contributed by atoms with Gasteiger partial charge in [0.05, 0.1) is 29.4 Å². The van der Waals surface area contributed by atoms with Gasteiger partial charge in [-0.15, -0.1) is 0 Å². The molecule has 0 heterocycles. The lowest BCUT2D eigenvalue weighted by atomic mass is 10.2. The van der Waals surface area contributed by atoms with Crippen molar-refractivity contribution in [3.8, 4) is 17.2 Å². The maximum atomic E-state index is 12.4. The Bertz CT molecular complexity index is 1180. The SMILES string of the molecule is COc1ccc(C(=O)N/N=C/c2cc(Br)c(OCC(=O)Nc3ccccc3)c(Br)c2)cc1OC. The Morgan fingerprint density at radius 2 is 1.62 bits per heavy atom. The molecule has 0 aliphatic carbocycles. The second kappa shape index (κ2) is 12.2. The zero-order valence-corrected chi connectivity index (χ0v) is 21.5. The summed E-state index contributed by atoms with van der Waals surface area (Å²) in [6, 6.07) is 17.4. The van der Waals surface area contributed by atoms with Crippen molar-refractivity contribution in [2.75, 3.05) is 26.1 Å². The number of hydrogen-bond donors (Lipinski definition) is 2. The highest BCUT2D eigenvalue weighted by atomic mass is 79.9. The summed E-state index contributed by atoms with van der Waals surface area (Å²) in [5.41, 5.74) is 4.22. The average molecular weight is 591 g/mol. The highest BCUT2D eigenvalue weighted by molar-refractivity contribution is 9.11. The Kier molecular flexibility index (Phi) is 9.06. The molecule has 2 N–H and O–H groups in total. The zero-order valence-electron chi connectivity index (χ0n) is 18.3. The van der Waals surface area contributed by atoms with E-state index in [4.69, 9.17) is 14.2 Å². The summed E-state index contributed by atoms with van der Waals surface area (Å²) in [5, 5.41) is 6.76. The molecule has 3 rings (SSSR count). The van der Waals surface area contributed by atoms with Crippen LogP contribution in [0, 0.1) is 0 Å². The lowest BCUT2D eigenvalue weighted by Gasteiger charge is -2.11. The third-order valence-electron chi connectivity index (χ3n) is 4.45. The predicted molar refractivity (Wildman–Crippen MR) is 137 cm³/mol. The molecule has 0 atom stereocenters. The molecule has 10 heteroatoms. The van der Waals surface area contributed by atoms with E-state index >= 15 is 0 Å². The monoisotopic (exact) mass is 589 g/mol. The van der Waals surface area contributed by atoms with Gasteiger partial charge in [-0.25, -0.2) is 5.43 Å². The first-order chi connectivity index (χ1) is 16.4. The molecule has 0 saturated heterocycles. The molecule has 0 fully saturated rings. The molecule has 0 aromatic heterocycles. The number of amides is 2. The molecule has 8 nitrogen and oxygen atoms in total. The van der Waals surface area contributed by atoms with Gasteiger partial charge in [-0.2, -0.15) is 5.10 Å². The zero-order chi connectivity index (χ0) is 24.5. The summed E-state index contributed by atoms with van der Waals surface area (Å²) >= 11 is 6.88. The molecule has 2 amide bonds. The smallest absolute Gasteiger partial charge is 0.271 e. The van der Waals surface area contributed by atoms with Gasteiger partial charge in [0.25, 0.3) is 11.8 Å². The van der Waals surface area contributed by atoms with Crippen LogP contribution in [0.15, 0.2) is 74.7 Å². The van der Waals surface area contributed by atoms with Gasteiger partial charge >= 0.3 is 0 Å². The number of methoxy groups -OCH3 is 2. The van der Waals surface area contributed by atoms with Crippen LogP contribution in [0.25, 0.3) is 0 Å². The van der Waals surface area contributed by atoms with E-state index in [2.05, 4.69) is 47.7 Å². The molecule has 176 valence electrons. The third-order valence-corrected chi connectivity index (χ3v) is 5.63. The van der Waals surface area contributed by atoms with Gasteiger partial charge < -0.3 is 19.5 Å². The van der Waals surface area contributed by atoms with E-state index in [1.807, 2.05) is 18.2 Å². The summed E-state index contributed by atoms with van der Waals surface area (Å²) in [6.07, 6.45) is 1.49. The Morgan fingerprint density at radius 3 is 2.26 bits per heavy atom. The summed E-state index contributed by atoms with van der Waals surface area (Å²) in [7, 11) is 3.02. The number of nitrogens with one attached hydrogen (secondary N) is 2. The van der Waals surface area contributed by atoms with Crippen LogP contribution < -0.4 is 25.0 Å². The first kappa shape index (κ1) is 25.3. The molecule has 3 aromatic rings. The van der Waals surface area contributed by atoms with E-state index < -0.39 is 5.91 Å². The van der Waals surface area contributed by atoms with Gasteiger partial charge in [-0.05, 0) is 79.9 Å². The number of halogens is 2. The Hall–Kier alpha value is -3.37. The Balaban J connectivity index is 1.59. The van der Waals surface area contributed by atoms with E-state index in [0.29, 0.717) is 43.0 Å². The largest absolute Gasteiger partial charge is 0.493 e. The average Bonchev–Trinajstić information content (AvgIpc) is 2.83. The van der Waals surface area contributed by atoms with Gasteiger partial charge in [-0.1, -0.05) is 18.2 Å². The van der Waals surface area contributed by atoms with Gasteiger partial charge in [-0.3, -0.25) is 9.59 Å². The summed E-state index contributed by atoms with van der Waals surface area (Å²) < 4.78 is 17.3. The summed E-state index contributed by atoms with van der Waals surface area (Å²) in [4.78, 5) is 24.5. The topological polar surface area (TPSA) is 98.3 Å². The van der Waals surface area contributed by atoms with Crippen molar-refractivity contribution in [1.29, 1.82) is 0 Å². The number of ether oxygens (including phenoxy) is 3. The molecule has 0 spiro atoms. The molecule has 3 aromatic carbocycles. The van der Waals surface area contributed by atoms with Gasteiger partial charge in [0.2, 0.25) is 0 Å². The molecular weight excluding hydrogens is 570 g/mol. The van der Waals surface area contributed by atoms with Crippen LogP contribution in [-0.4, -0.2) is 38.9 Å². The molecule has 0 aliphatic rings. The van der Waals surface area contributed by atoms with Gasteiger partial charge in [0.1, 0.15) is 5.75 Å². The standard InChI is InChI=1S/C24H21Br2N3O5/c1-32-20-9-8-16(12-21(20)33-2)24(31)29-27-13-15-10-18(25)23(19(26)11-15)34-14-22(30)28-17-6-4-3-5-7-17/h3-13H,14H2,1-2H3,(H,28,30)(H,29,31)/b27-13+. The van der Waals surface area contributed by atoms with Gasteiger partial charge in [0.15, 0.2) is 18.1 Å². The van der Waals surface area contributed by atoms with E-state index in [1.165, 1.54) is 20.4 Å². The lowest BCUT2D eigenvalue weighted by Crippen LogP contribution is -2.20. The maximum Gasteiger partial charge on any atom is 0.271 e. The summed E-state index contributed by atoms with van der Waals surface area (Å²) in [6.45, 7) is -0.166. The van der Waals surface area contributed by atoms with Crippen molar-refractivity contribution in [3.05, 3.63) is 80.7 Å². The summed E-state index contributed by atoms with van der Waals surface area (Å²) in [5.74, 6) is 0.750. The van der Waals surface area contributed by atoms with Crippen LogP contribution in [0.1, 0.15) is 15.9 Å². The van der Waals surface area contributed by atoms with Crippen molar-refractivity contribution < 1.29 is 23.8 Å². The van der Waals surface area contributed by atoms with Crippen molar-refractivity contribution in [1.82, 2.24) is 5.43 Å². The molecule has 0 bridgehead atoms. The number of hydrogen-bond acceptors (Lipinski definition) is 6. The number of hydrazone groups is 1. The molecular formula is C24H21Br2N3O5. The molecule has 0 saturated carbocycles. The van der Waals surface area contributed by atoms with E-state index in [1.54, 1.807) is 42.5 Å². The van der Waals surface area contributed by atoms with Crippen LogP contribution in [0.4, 0.5) is 5.69 Å². The van der Waals surface area contributed by atoms with Gasteiger partial charge in [0, 0.05) is 11.3 Å². The fourth-order valence-corrected chi connectivity index (χ4v) is 4.31. The van der Waals surface area contributed by atoms with Crippen LogP contribution >= 0.6 is 31.9 Å². The highest BCUT2D eigenvalue weighted by Crippen LogP contribution is 2.34. The van der Waals surface area contributed by atoms with E-state index in [-0.39, 0.29) is 12.5 Å². The third kappa shape index (κ3) is 6.82. The fraction of sp³-hybridized carbons (Fsp3) is 0.125. The van der Waals surface area contributed by atoms with Crippen LogP contribution in [0.2, 0.25) is 0 Å². The lowest BCUT2D eigenvalue weighted by molar-refractivity contribution is -0.118. The normalized spacial score (nSPS) is 10.6. The fourth-order valence-electron chi connectivity index (χ4n) is 2.86. The van der Waals surface area contributed by atoms with Crippen molar-refractivity contribution >= 4 is 55.6 Å². The molecule has 0 unspecified atom stereocenters. The number of rotatable bonds is 9. The van der Waals surface area contributed by atoms with E-state index in [0.717, 1.165) is 0 Å². The van der Waals surface area contributed by atoms with E-state index in [9.17, 15) is 9.59 Å². The predicted octanol–water partition coefficient (Wildman–Crippen LogP) is 5.01. The number of para-hydroxylation sites is 1. The van der Waals surface area contributed by atoms with Crippen LogP contribution in [-0.2, 0) is 4.79 Å². The minimum Gasteiger partial charge on any atom is -0.493 e.